The van der Waals surface area contributed by atoms with E-state index in [1.807, 2.05) is 0 Å². The molecule has 0 aliphatic heterocycles. The maximum atomic E-state index is 13.4. The maximum absolute atomic E-state index is 13.4. The zero-order valence-corrected chi connectivity index (χ0v) is 20.8. The lowest BCUT2D eigenvalue weighted by molar-refractivity contribution is -0.136. The summed E-state index contributed by atoms with van der Waals surface area (Å²) in [6.45, 7) is 21.7. The molecule has 3 nitrogen and oxygen atoms in total. The van der Waals surface area contributed by atoms with Gasteiger partial charge >= 0.3 is 0 Å². The van der Waals surface area contributed by atoms with Crippen molar-refractivity contribution in [3.63, 3.8) is 0 Å². The summed E-state index contributed by atoms with van der Waals surface area (Å²) in [5.74, 6) is -0.448. The van der Waals surface area contributed by atoms with E-state index in [4.69, 9.17) is 4.43 Å². The molecule has 0 saturated carbocycles. The summed E-state index contributed by atoms with van der Waals surface area (Å²) in [6.07, 6.45) is 0.255. The lowest BCUT2D eigenvalue weighted by Crippen LogP contribution is -2.54. The molecule has 1 N–H and O–H groups in total. The predicted molar refractivity (Wildman–Crippen MR) is 117 cm³/mol. The molecule has 6 heteroatoms. The van der Waals surface area contributed by atoms with Gasteiger partial charge in [-0.15, -0.1) is 0 Å². The van der Waals surface area contributed by atoms with Crippen LogP contribution in [-0.2, 0) is 9.22 Å². The Balaban J connectivity index is 3.09. The van der Waals surface area contributed by atoms with Crippen molar-refractivity contribution in [1.29, 1.82) is 0 Å². The number of hydrogen-bond acceptors (Lipinski definition) is 3. The first-order valence-corrected chi connectivity index (χ1v) is 15.6. The Morgan fingerprint density at radius 2 is 1.48 bits per heavy atom. The largest absolute Gasteiger partial charge is 0.519 e. The molecule has 27 heavy (non-hydrogen) atoms. The van der Waals surface area contributed by atoms with Gasteiger partial charge < -0.3 is 9.41 Å². The molecule has 0 heterocycles. The maximum Gasteiger partial charge on any atom is 0.294 e. The first kappa shape index (κ1) is 24.1. The lowest BCUT2D eigenvalue weighted by Gasteiger charge is -2.41. The van der Waals surface area contributed by atoms with Crippen LogP contribution in [0.5, 0.6) is 0 Å². The molecule has 0 aliphatic carbocycles. The number of carbonyl (C=O) groups excluding carboxylic acids is 1. The lowest BCUT2D eigenvalue weighted by atomic mass is 10.1. The van der Waals surface area contributed by atoms with E-state index >= 15 is 0 Å². The molecular weight excluding hydrogens is 373 g/mol. The third-order valence-corrected chi connectivity index (χ3v) is 15.4. The highest BCUT2D eigenvalue weighted by Crippen LogP contribution is 2.38. The first-order chi connectivity index (χ1) is 12.0. The van der Waals surface area contributed by atoms with Crippen molar-refractivity contribution in [2.45, 2.75) is 90.3 Å². The van der Waals surface area contributed by atoms with Crippen molar-refractivity contribution in [2.75, 3.05) is 0 Å². The molecule has 0 saturated heterocycles. The Morgan fingerprint density at radius 1 is 1.00 bits per heavy atom. The van der Waals surface area contributed by atoms with Gasteiger partial charge in [0, 0.05) is 6.04 Å². The van der Waals surface area contributed by atoms with Crippen molar-refractivity contribution in [3.8, 4) is 0 Å². The van der Waals surface area contributed by atoms with Crippen molar-refractivity contribution in [1.82, 2.24) is 4.98 Å². The number of rotatable bonds is 6. The average Bonchev–Trinajstić information content (AvgIpc) is 2.44. The molecule has 1 aromatic carbocycles. The number of benzene rings is 1. The molecule has 1 rings (SSSR count). The fourth-order valence-electron chi connectivity index (χ4n) is 2.25. The molecule has 0 fully saturated rings. The van der Waals surface area contributed by atoms with Crippen LogP contribution >= 0.6 is 0 Å². The minimum absolute atomic E-state index is 0.0269. The van der Waals surface area contributed by atoms with Gasteiger partial charge in [-0.1, -0.05) is 66.8 Å². The van der Waals surface area contributed by atoms with Gasteiger partial charge in [0.15, 0.2) is 0 Å². The summed E-state index contributed by atoms with van der Waals surface area (Å²) < 4.78 is 19.4. The molecule has 1 unspecified atom stereocenters. The smallest absolute Gasteiger partial charge is 0.294 e. The van der Waals surface area contributed by atoms with Crippen LogP contribution in [0.15, 0.2) is 24.3 Å². The molecule has 0 bridgehead atoms. The number of halogens is 1. The van der Waals surface area contributed by atoms with Crippen molar-refractivity contribution in [2.24, 2.45) is 0 Å². The van der Waals surface area contributed by atoms with Crippen molar-refractivity contribution >= 4 is 22.5 Å². The second-order valence-electron chi connectivity index (χ2n) is 10.6. The highest BCUT2D eigenvalue weighted by atomic mass is 28.4. The average molecular weight is 412 g/mol. The van der Waals surface area contributed by atoms with E-state index in [2.05, 4.69) is 72.7 Å². The Morgan fingerprint density at radius 3 is 1.89 bits per heavy atom. The monoisotopic (exact) mass is 411 g/mol. The SMILES string of the molecule is CC(C)(C)[Si](C)(C)NC(CC(=O)O[Si](C)(C)C(C)(C)C)c1ccc(F)cc1. The van der Waals surface area contributed by atoms with E-state index in [1.54, 1.807) is 12.1 Å². The fraction of sp³-hybridized carbons (Fsp3) is 0.667. The summed E-state index contributed by atoms with van der Waals surface area (Å²) in [5, 5.41) is 0.0928. The number of hydrogen-bond donors (Lipinski definition) is 1. The second kappa shape index (κ2) is 8.17. The molecule has 1 aromatic rings. The van der Waals surface area contributed by atoms with Crippen LogP contribution < -0.4 is 4.98 Å². The van der Waals surface area contributed by atoms with E-state index in [1.165, 1.54) is 12.1 Å². The minimum Gasteiger partial charge on any atom is -0.519 e. The van der Waals surface area contributed by atoms with Crippen LogP contribution in [-0.4, -0.2) is 22.5 Å². The molecule has 1 atom stereocenters. The van der Waals surface area contributed by atoms with Crippen LogP contribution in [0.3, 0.4) is 0 Å². The summed E-state index contributed by atoms with van der Waals surface area (Å²) in [4.78, 5) is 16.6. The third-order valence-electron chi connectivity index (χ3n) is 6.23. The van der Waals surface area contributed by atoms with Gasteiger partial charge in [-0.2, -0.15) is 0 Å². The van der Waals surface area contributed by atoms with E-state index in [-0.39, 0.29) is 34.3 Å². The van der Waals surface area contributed by atoms with Crippen LogP contribution in [0.1, 0.15) is 59.6 Å². The molecule has 0 spiro atoms. The Kier molecular flexibility index (Phi) is 7.28. The molecule has 0 aliphatic rings. The molecule has 0 amide bonds. The normalized spacial score (nSPS) is 14.8. The van der Waals surface area contributed by atoms with Crippen LogP contribution in [0, 0.1) is 5.82 Å². The van der Waals surface area contributed by atoms with Gasteiger partial charge in [-0.05, 0) is 40.9 Å². The van der Waals surface area contributed by atoms with Gasteiger partial charge in [0.2, 0.25) is 0 Å². The zero-order chi connectivity index (χ0) is 21.3. The Labute approximate surface area is 167 Å². The standard InChI is InChI=1S/C21H38FNO2Si2/c1-20(2,3)26(7,8)23-18(16-11-13-17(22)14-12-16)15-19(24)25-27(9,10)21(4,5)6/h11-14,18,23H,15H2,1-10H3. The minimum atomic E-state index is -2.17. The molecule has 154 valence electrons. The highest BCUT2D eigenvalue weighted by Gasteiger charge is 2.42. The summed E-state index contributed by atoms with van der Waals surface area (Å²) >= 11 is 0. The third kappa shape index (κ3) is 6.54. The van der Waals surface area contributed by atoms with Gasteiger partial charge in [0.05, 0.1) is 6.42 Å². The van der Waals surface area contributed by atoms with Crippen molar-refractivity contribution in [3.05, 3.63) is 35.6 Å². The Bertz CT molecular complexity index is 644. The van der Waals surface area contributed by atoms with Crippen LogP contribution in [0.25, 0.3) is 0 Å². The first-order valence-electron chi connectivity index (χ1n) is 9.71. The second-order valence-corrected chi connectivity index (χ2v) is 20.3. The molecular formula is C21H38FNO2Si2. The fourth-order valence-corrected chi connectivity index (χ4v) is 4.78. The van der Waals surface area contributed by atoms with Crippen molar-refractivity contribution < 1.29 is 13.6 Å². The highest BCUT2D eigenvalue weighted by molar-refractivity contribution is 6.78. The quantitative estimate of drug-likeness (QED) is 0.550. The van der Waals surface area contributed by atoms with E-state index < -0.39 is 16.6 Å². The number of nitrogens with one attached hydrogen (secondary N) is 1. The summed E-state index contributed by atoms with van der Waals surface area (Å²) in [6, 6.07) is 6.26. The zero-order valence-electron chi connectivity index (χ0n) is 18.8. The van der Waals surface area contributed by atoms with Gasteiger partial charge in [0.25, 0.3) is 14.3 Å². The van der Waals surface area contributed by atoms with Crippen LogP contribution in [0.2, 0.25) is 36.3 Å². The summed E-state index contributed by atoms with van der Waals surface area (Å²) in [7, 11) is -4.03. The van der Waals surface area contributed by atoms with E-state index in [0.717, 1.165) is 5.56 Å². The van der Waals surface area contributed by atoms with Gasteiger partial charge in [-0.25, -0.2) is 4.39 Å². The summed E-state index contributed by atoms with van der Waals surface area (Å²) in [5.41, 5.74) is 0.924. The molecule has 0 radical (unpaired) electrons. The number of carbonyl (C=O) groups is 1. The van der Waals surface area contributed by atoms with Gasteiger partial charge in [0.1, 0.15) is 14.1 Å². The van der Waals surface area contributed by atoms with E-state index in [0.29, 0.717) is 0 Å². The topological polar surface area (TPSA) is 38.3 Å². The van der Waals surface area contributed by atoms with E-state index in [9.17, 15) is 9.18 Å². The molecule has 0 aromatic heterocycles. The predicted octanol–water partition coefficient (Wildman–Crippen LogP) is 6.40. The van der Waals surface area contributed by atoms with Gasteiger partial charge in [-0.3, -0.25) is 4.79 Å². The van der Waals surface area contributed by atoms with Crippen LogP contribution in [0.4, 0.5) is 4.39 Å². The Hall–Kier alpha value is -0.986.